The molecule has 0 spiro atoms. The average molecular weight is 518 g/mol. The van der Waals surface area contributed by atoms with Gasteiger partial charge in [0.15, 0.2) is 0 Å². The second-order valence-electron chi connectivity index (χ2n) is 9.28. The summed E-state index contributed by atoms with van der Waals surface area (Å²) in [4.78, 5) is 40.4. The van der Waals surface area contributed by atoms with E-state index in [-0.39, 0.29) is 36.7 Å². The van der Waals surface area contributed by atoms with Gasteiger partial charge in [-0.25, -0.2) is 0 Å². The van der Waals surface area contributed by atoms with E-state index in [9.17, 15) is 19.7 Å². The number of aryl methyl sites for hydroxylation is 1. The minimum Gasteiger partial charge on any atom is -0.464 e. The van der Waals surface area contributed by atoms with Gasteiger partial charge < -0.3 is 19.0 Å². The zero-order chi connectivity index (χ0) is 26.9. The third kappa shape index (κ3) is 7.63. The Morgan fingerprint density at radius 2 is 1.79 bits per heavy atom. The Labute approximate surface area is 221 Å². The van der Waals surface area contributed by atoms with Gasteiger partial charge in [-0.1, -0.05) is 30.3 Å². The second kappa shape index (κ2) is 12.8. The standard InChI is InChI=1S/C29H31N3O6/c1-22-9-15-27(38-22)20-30(18-24-6-3-2-4-7-24)29(34)21-31(19-26-8-5-17-37-26)28(33)16-12-23-10-13-25(14-11-23)32(35)36/h2-4,6-7,9-16,26H,5,8,17-21H2,1H3/b16-12+/t26-/m1/s1. The number of nitrogens with zero attached hydrogens (tertiary/aromatic N) is 3. The molecule has 0 aliphatic carbocycles. The fourth-order valence-corrected chi connectivity index (χ4v) is 4.30. The molecule has 0 N–H and O–H groups in total. The van der Waals surface area contributed by atoms with Crippen molar-refractivity contribution in [3.05, 3.63) is 106 Å². The Hall–Kier alpha value is -4.24. The Balaban J connectivity index is 1.50. The van der Waals surface area contributed by atoms with Crippen LogP contribution < -0.4 is 0 Å². The van der Waals surface area contributed by atoms with E-state index in [0.717, 1.165) is 24.2 Å². The molecule has 1 aliphatic rings. The van der Waals surface area contributed by atoms with Gasteiger partial charge in [-0.15, -0.1) is 0 Å². The summed E-state index contributed by atoms with van der Waals surface area (Å²) >= 11 is 0. The molecule has 4 rings (SSSR count). The topological polar surface area (TPSA) is 106 Å². The highest BCUT2D eigenvalue weighted by Crippen LogP contribution is 2.17. The molecule has 0 radical (unpaired) electrons. The quantitative estimate of drug-likeness (QED) is 0.207. The summed E-state index contributed by atoms with van der Waals surface area (Å²) in [6.45, 7) is 3.33. The van der Waals surface area contributed by atoms with Crippen LogP contribution in [0.1, 0.15) is 35.5 Å². The molecule has 3 aromatic rings. The number of amides is 2. The van der Waals surface area contributed by atoms with Crippen molar-refractivity contribution in [3.8, 4) is 0 Å². The van der Waals surface area contributed by atoms with E-state index >= 15 is 0 Å². The van der Waals surface area contributed by atoms with Crippen LogP contribution in [0.25, 0.3) is 6.08 Å². The van der Waals surface area contributed by atoms with Crippen molar-refractivity contribution in [2.45, 2.75) is 39.0 Å². The Kier molecular flexibility index (Phi) is 9.05. The van der Waals surface area contributed by atoms with E-state index in [4.69, 9.17) is 9.15 Å². The van der Waals surface area contributed by atoms with Crippen molar-refractivity contribution >= 4 is 23.6 Å². The lowest BCUT2D eigenvalue weighted by molar-refractivity contribution is -0.384. The van der Waals surface area contributed by atoms with Crippen molar-refractivity contribution in [2.24, 2.45) is 0 Å². The number of carbonyl (C=O) groups is 2. The SMILES string of the molecule is Cc1ccc(CN(Cc2ccccc2)C(=O)CN(C[C@H]2CCCO2)C(=O)/C=C/c2ccc([N+](=O)[O-])cc2)o1. The number of furan rings is 1. The first-order valence-electron chi connectivity index (χ1n) is 12.6. The maximum Gasteiger partial charge on any atom is 0.269 e. The summed E-state index contributed by atoms with van der Waals surface area (Å²) in [7, 11) is 0. The average Bonchev–Trinajstić information content (AvgIpc) is 3.58. The van der Waals surface area contributed by atoms with E-state index in [2.05, 4.69) is 0 Å². The number of ether oxygens (including phenoxy) is 1. The molecule has 1 atom stereocenters. The number of rotatable bonds is 11. The van der Waals surface area contributed by atoms with Gasteiger partial charge in [0.2, 0.25) is 11.8 Å². The van der Waals surface area contributed by atoms with Gasteiger partial charge in [0.25, 0.3) is 5.69 Å². The van der Waals surface area contributed by atoms with Gasteiger partial charge in [0.1, 0.15) is 18.1 Å². The first kappa shape index (κ1) is 26.8. The van der Waals surface area contributed by atoms with Crippen LogP contribution in [-0.2, 0) is 27.4 Å². The summed E-state index contributed by atoms with van der Waals surface area (Å²) in [5, 5.41) is 10.9. The van der Waals surface area contributed by atoms with Gasteiger partial charge in [-0.05, 0) is 61.2 Å². The Morgan fingerprint density at radius 1 is 1.03 bits per heavy atom. The highest BCUT2D eigenvalue weighted by atomic mass is 16.6. The van der Waals surface area contributed by atoms with Crippen LogP contribution in [0.15, 0.2) is 77.2 Å². The molecule has 2 heterocycles. The number of nitro groups is 1. The largest absolute Gasteiger partial charge is 0.464 e. The first-order valence-corrected chi connectivity index (χ1v) is 12.6. The van der Waals surface area contributed by atoms with Crippen LogP contribution >= 0.6 is 0 Å². The molecular formula is C29H31N3O6. The van der Waals surface area contributed by atoms with Crippen LogP contribution in [0.3, 0.4) is 0 Å². The number of non-ortho nitro benzene ring substituents is 1. The molecule has 1 aliphatic heterocycles. The smallest absolute Gasteiger partial charge is 0.269 e. The maximum absolute atomic E-state index is 13.6. The van der Waals surface area contributed by atoms with Gasteiger partial charge in [0, 0.05) is 37.9 Å². The zero-order valence-corrected chi connectivity index (χ0v) is 21.3. The highest BCUT2D eigenvalue weighted by Gasteiger charge is 2.26. The number of hydrogen-bond acceptors (Lipinski definition) is 6. The van der Waals surface area contributed by atoms with E-state index in [1.165, 1.54) is 23.1 Å². The molecule has 0 bridgehead atoms. The number of nitro benzene ring substituents is 1. The summed E-state index contributed by atoms with van der Waals surface area (Å²) < 4.78 is 11.5. The van der Waals surface area contributed by atoms with Crippen LogP contribution in [0.2, 0.25) is 0 Å². The molecule has 2 amide bonds. The molecule has 1 fully saturated rings. The third-order valence-electron chi connectivity index (χ3n) is 6.32. The van der Waals surface area contributed by atoms with E-state index < -0.39 is 4.92 Å². The van der Waals surface area contributed by atoms with Crippen molar-refractivity contribution in [2.75, 3.05) is 19.7 Å². The number of carbonyl (C=O) groups excluding carboxylic acids is 2. The molecule has 2 aromatic carbocycles. The van der Waals surface area contributed by atoms with E-state index in [1.807, 2.05) is 49.4 Å². The molecule has 1 aromatic heterocycles. The Morgan fingerprint density at radius 3 is 2.42 bits per heavy atom. The zero-order valence-electron chi connectivity index (χ0n) is 21.3. The minimum absolute atomic E-state index is 0.0238. The molecule has 9 heteroatoms. The summed E-state index contributed by atoms with van der Waals surface area (Å²) in [6, 6.07) is 19.3. The van der Waals surface area contributed by atoms with Crippen LogP contribution in [0.5, 0.6) is 0 Å². The van der Waals surface area contributed by atoms with Gasteiger partial charge in [-0.3, -0.25) is 19.7 Å². The van der Waals surface area contributed by atoms with Crippen molar-refractivity contribution in [1.29, 1.82) is 0 Å². The summed E-state index contributed by atoms with van der Waals surface area (Å²) in [6.07, 6.45) is 4.59. The predicted molar refractivity (Wildman–Crippen MR) is 142 cm³/mol. The number of benzene rings is 2. The molecular weight excluding hydrogens is 486 g/mol. The maximum atomic E-state index is 13.6. The van der Waals surface area contributed by atoms with Crippen LogP contribution in [0, 0.1) is 17.0 Å². The highest BCUT2D eigenvalue weighted by molar-refractivity contribution is 5.94. The normalized spacial score (nSPS) is 15.0. The monoisotopic (exact) mass is 517 g/mol. The van der Waals surface area contributed by atoms with Crippen molar-refractivity contribution < 1.29 is 23.7 Å². The molecule has 38 heavy (non-hydrogen) atoms. The fraction of sp³-hybridized carbons (Fsp3) is 0.310. The lowest BCUT2D eigenvalue weighted by Crippen LogP contribution is -2.44. The molecule has 0 saturated carbocycles. The second-order valence-corrected chi connectivity index (χ2v) is 9.28. The van der Waals surface area contributed by atoms with E-state index in [0.29, 0.717) is 31.0 Å². The van der Waals surface area contributed by atoms with Gasteiger partial charge in [-0.2, -0.15) is 0 Å². The first-order chi connectivity index (χ1) is 18.4. The van der Waals surface area contributed by atoms with Crippen molar-refractivity contribution in [3.63, 3.8) is 0 Å². The van der Waals surface area contributed by atoms with Gasteiger partial charge >= 0.3 is 0 Å². The predicted octanol–water partition coefficient (Wildman–Crippen LogP) is 4.75. The molecule has 0 unspecified atom stereocenters. The van der Waals surface area contributed by atoms with Crippen LogP contribution in [-0.4, -0.2) is 52.3 Å². The molecule has 1 saturated heterocycles. The number of hydrogen-bond donors (Lipinski definition) is 0. The van der Waals surface area contributed by atoms with Crippen LogP contribution in [0.4, 0.5) is 5.69 Å². The molecule has 9 nitrogen and oxygen atoms in total. The minimum atomic E-state index is -0.473. The van der Waals surface area contributed by atoms with Crippen molar-refractivity contribution in [1.82, 2.24) is 9.80 Å². The lowest BCUT2D eigenvalue weighted by atomic mass is 10.1. The Bertz CT molecular complexity index is 1260. The molecule has 198 valence electrons. The van der Waals surface area contributed by atoms with Gasteiger partial charge in [0.05, 0.1) is 17.6 Å². The third-order valence-corrected chi connectivity index (χ3v) is 6.32. The summed E-state index contributed by atoms with van der Waals surface area (Å²) in [5.74, 6) is 0.888. The van der Waals surface area contributed by atoms with E-state index in [1.54, 1.807) is 23.1 Å². The lowest BCUT2D eigenvalue weighted by Gasteiger charge is -2.28. The summed E-state index contributed by atoms with van der Waals surface area (Å²) in [5.41, 5.74) is 1.59. The fourth-order valence-electron chi connectivity index (χ4n) is 4.30.